The lowest BCUT2D eigenvalue weighted by atomic mass is 9.78. The fourth-order valence-corrected chi connectivity index (χ4v) is 4.49. The average Bonchev–Trinajstić information content (AvgIpc) is 2.96. The Morgan fingerprint density at radius 1 is 0.935 bits per heavy atom. The molecule has 5 rings (SSSR count). The molecule has 1 saturated carbocycles. The summed E-state index contributed by atoms with van der Waals surface area (Å²) in [6.45, 7) is 0. The maximum atomic E-state index is 12.9. The number of carbonyl (C=O) groups excluding carboxylic acids is 2. The van der Waals surface area contributed by atoms with Gasteiger partial charge in [-0.2, -0.15) is 0 Å². The van der Waals surface area contributed by atoms with Gasteiger partial charge in [0.15, 0.2) is 5.78 Å². The molecule has 0 spiro atoms. The molecule has 3 aromatic carbocycles. The third kappa shape index (κ3) is 3.63. The Bertz CT molecular complexity index is 1200. The monoisotopic (exact) mass is 410 g/mol. The van der Waals surface area contributed by atoms with Crippen molar-refractivity contribution in [3.8, 4) is 5.75 Å². The third-order valence-electron chi connectivity index (χ3n) is 6.00. The smallest absolute Gasteiger partial charge is 0.193 e. The Labute approximate surface area is 180 Å². The molecule has 1 aliphatic heterocycles. The first kappa shape index (κ1) is 19.2. The van der Waals surface area contributed by atoms with Crippen LogP contribution in [0.4, 0.5) is 11.4 Å². The first-order valence-corrected chi connectivity index (χ1v) is 10.5. The van der Waals surface area contributed by atoms with Gasteiger partial charge in [-0.15, -0.1) is 0 Å². The number of nitrogens with one attached hydrogen (secondary N) is 1. The number of carbonyl (C=O) groups is 2. The third-order valence-corrected chi connectivity index (χ3v) is 6.00. The van der Waals surface area contributed by atoms with Crippen molar-refractivity contribution in [3.63, 3.8) is 0 Å². The van der Waals surface area contributed by atoms with Crippen LogP contribution in [-0.2, 0) is 4.79 Å². The van der Waals surface area contributed by atoms with Gasteiger partial charge >= 0.3 is 0 Å². The normalized spacial score (nSPS) is 20.0. The van der Waals surface area contributed by atoms with E-state index in [1.807, 2.05) is 30.3 Å². The van der Waals surface area contributed by atoms with Gasteiger partial charge in [0.2, 0.25) is 0 Å². The second-order valence-corrected chi connectivity index (χ2v) is 8.04. The molecule has 2 unspecified atom stereocenters. The lowest BCUT2D eigenvalue weighted by molar-refractivity contribution is -0.122. The molecule has 2 aliphatic rings. The Balaban J connectivity index is 1.59. The summed E-state index contributed by atoms with van der Waals surface area (Å²) in [6, 6.07) is 21.3. The number of phenolic OH excluding ortho intramolecular Hbond substituents is 1. The summed E-state index contributed by atoms with van der Waals surface area (Å²) in [5.74, 6) is -0.140. The summed E-state index contributed by atoms with van der Waals surface area (Å²) in [4.78, 5) is 30.7. The van der Waals surface area contributed by atoms with E-state index in [0.717, 1.165) is 29.8 Å². The van der Waals surface area contributed by atoms with Crippen molar-refractivity contribution in [2.75, 3.05) is 5.32 Å². The van der Waals surface area contributed by atoms with Gasteiger partial charge in [0.05, 0.1) is 23.3 Å². The zero-order valence-corrected chi connectivity index (χ0v) is 16.9. The zero-order valence-electron chi connectivity index (χ0n) is 16.9. The van der Waals surface area contributed by atoms with Gasteiger partial charge in [-0.25, -0.2) is 0 Å². The van der Waals surface area contributed by atoms with Crippen LogP contribution in [0.3, 0.4) is 0 Å². The number of hydrogen-bond donors (Lipinski definition) is 2. The molecule has 0 aromatic heterocycles. The number of phenols is 1. The van der Waals surface area contributed by atoms with Gasteiger partial charge < -0.3 is 10.4 Å². The van der Waals surface area contributed by atoms with Crippen molar-refractivity contribution < 1.29 is 14.7 Å². The molecule has 5 heteroatoms. The second kappa shape index (κ2) is 7.84. The molecule has 1 aliphatic carbocycles. The minimum absolute atomic E-state index is 0.0614. The Morgan fingerprint density at radius 3 is 2.58 bits per heavy atom. The minimum atomic E-state index is -0.392. The van der Waals surface area contributed by atoms with Gasteiger partial charge in [0, 0.05) is 23.3 Å². The summed E-state index contributed by atoms with van der Waals surface area (Å²) in [5, 5.41) is 13.5. The number of aliphatic imine (C=N–C) groups is 1. The summed E-state index contributed by atoms with van der Waals surface area (Å²) in [5.41, 5.74) is 4.29. The Morgan fingerprint density at radius 2 is 1.77 bits per heavy atom. The number of benzene rings is 3. The van der Waals surface area contributed by atoms with Crippen LogP contribution in [0.15, 0.2) is 77.8 Å². The Hall–Kier alpha value is -3.73. The van der Waals surface area contributed by atoms with Crippen molar-refractivity contribution in [2.45, 2.75) is 25.3 Å². The SMILES string of the molecule is O=C(c1ccccc1)c1ccc2c(c1)N=C1CCCC(=O)C1C(c1cccc(O)c1)N2. The number of ketones is 2. The van der Waals surface area contributed by atoms with E-state index in [1.165, 1.54) is 0 Å². The summed E-state index contributed by atoms with van der Waals surface area (Å²) < 4.78 is 0. The topological polar surface area (TPSA) is 78.8 Å². The second-order valence-electron chi connectivity index (χ2n) is 8.04. The van der Waals surface area contributed by atoms with Crippen LogP contribution in [0.2, 0.25) is 0 Å². The van der Waals surface area contributed by atoms with Crippen LogP contribution in [-0.4, -0.2) is 22.4 Å². The summed E-state index contributed by atoms with van der Waals surface area (Å²) in [6.07, 6.45) is 2.04. The fourth-order valence-electron chi connectivity index (χ4n) is 4.49. The number of Topliss-reactive ketones (excluding diaryl/α,β-unsaturated/α-hetero) is 1. The minimum Gasteiger partial charge on any atom is -0.508 e. The maximum absolute atomic E-state index is 12.9. The van der Waals surface area contributed by atoms with Crippen LogP contribution >= 0.6 is 0 Å². The van der Waals surface area contributed by atoms with Crippen LogP contribution in [0.25, 0.3) is 0 Å². The van der Waals surface area contributed by atoms with E-state index in [-0.39, 0.29) is 23.4 Å². The van der Waals surface area contributed by atoms with Gasteiger partial charge in [0.25, 0.3) is 0 Å². The number of anilines is 1. The molecular weight excluding hydrogens is 388 g/mol. The van der Waals surface area contributed by atoms with E-state index >= 15 is 0 Å². The van der Waals surface area contributed by atoms with E-state index in [2.05, 4.69) is 5.32 Å². The lowest BCUT2D eigenvalue weighted by Gasteiger charge is -2.30. The van der Waals surface area contributed by atoms with Crippen molar-refractivity contribution >= 4 is 28.7 Å². The summed E-state index contributed by atoms with van der Waals surface area (Å²) in [7, 11) is 0. The number of rotatable bonds is 3. The number of aromatic hydroxyl groups is 1. The first-order chi connectivity index (χ1) is 15.1. The predicted octanol–water partition coefficient (Wildman–Crippen LogP) is 5.23. The van der Waals surface area contributed by atoms with E-state index in [9.17, 15) is 14.7 Å². The molecular formula is C26H22N2O3. The highest BCUT2D eigenvalue weighted by Gasteiger charge is 2.38. The van der Waals surface area contributed by atoms with E-state index in [0.29, 0.717) is 23.2 Å². The quantitative estimate of drug-likeness (QED) is 0.580. The van der Waals surface area contributed by atoms with Crippen LogP contribution in [0.1, 0.15) is 46.8 Å². The van der Waals surface area contributed by atoms with Crippen LogP contribution in [0.5, 0.6) is 5.75 Å². The molecule has 0 bridgehead atoms. The van der Waals surface area contributed by atoms with Crippen LogP contribution < -0.4 is 5.32 Å². The van der Waals surface area contributed by atoms with Crippen LogP contribution in [0, 0.1) is 5.92 Å². The number of fused-ring (bicyclic) bond motifs is 2. The maximum Gasteiger partial charge on any atom is 0.193 e. The highest BCUT2D eigenvalue weighted by atomic mass is 16.3. The number of hydrogen-bond acceptors (Lipinski definition) is 5. The molecule has 2 atom stereocenters. The molecule has 0 saturated heterocycles. The molecule has 0 amide bonds. The molecule has 1 fully saturated rings. The first-order valence-electron chi connectivity index (χ1n) is 10.5. The molecule has 31 heavy (non-hydrogen) atoms. The van der Waals surface area contributed by atoms with Crippen molar-refractivity contribution in [1.29, 1.82) is 0 Å². The zero-order chi connectivity index (χ0) is 21.4. The predicted molar refractivity (Wildman–Crippen MR) is 120 cm³/mol. The highest BCUT2D eigenvalue weighted by Crippen LogP contribution is 2.41. The summed E-state index contributed by atoms with van der Waals surface area (Å²) >= 11 is 0. The van der Waals surface area contributed by atoms with Gasteiger partial charge in [-0.3, -0.25) is 14.6 Å². The molecule has 154 valence electrons. The van der Waals surface area contributed by atoms with Crippen molar-refractivity contribution in [3.05, 3.63) is 89.5 Å². The van der Waals surface area contributed by atoms with E-state index < -0.39 is 5.92 Å². The Kier molecular flexibility index (Phi) is 4.86. The molecule has 3 aromatic rings. The average molecular weight is 410 g/mol. The highest BCUT2D eigenvalue weighted by molar-refractivity contribution is 6.12. The van der Waals surface area contributed by atoms with Gasteiger partial charge in [0.1, 0.15) is 11.5 Å². The number of nitrogens with zero attached hydrogens (tertiary/aromatic N) is 1. The lowest BCUT2D eigenvalue weighted by Crippen LogP contribution is -2.36. The molecule has 1 heterocycles. The van der Waals surface area contributed by atoms with Gasteiger partial charge in [-0.05, 0) is 48.7 Å². The fraction of sp³-hybridized carbons (Fsp3) is 0.192. The molecule has 0 radical (unpaired) electrons. The standard InChI is InChI=1S/C26H22N2O3/c29-19-9-4-8-17(14-19)25-24-21(10-5-11-23(24)30)27-22-15-18(12-13-20(22)28-25)26(31)16-6-2-1-3-7-16/h1-4,6-9,12-15,24-25,28-29H,5,10-11H2. The molecule has 2 N–H and O–H groups in total. The van der Waals surface area contributed by atoms with E-state index in [4.69, 9.17) is 4.99 Å². The van der Waals surface area contributed by atoms with Gasteiger partial charge in [-0.1, -0.05) is 42.5 Å². The molecule has 5 nitrogen and oxygen atoms in total. The van der Waals surface area contributed by atoms with E-state index in [1.54, 1.807) is 42.5 Å². The van der Waals surface area contributed by atoms with Crippen molar-refractivity contribution in [1.82, 2.24) is 0 Å². The van der Waals surface area contributed by atoms with Crippen molar-refractivity contribution in [2.24, 2.45) is 10.9 Å². The largest absolute Gasteiger partial charge is 0.508 e.